The van der Waals surface area contributed by atoms with Gasteiger partial charge in [0.15, 0.2) is 0 Å². The molecule has 1 unspecified atom stereocenters. The number of hydrogen-bond acceptors (Lipinski definition) is 5. The van der Waals surface area contributed by atoms with Crippen molar-refractivity contribution in [3.8, 4) is 5.75 Å². The minimum atomic E-state index is -0.673. The number of benzene rings is 1. The minimum Gasteiger partial charge on any atom is -0.490 e. The second-order valence-electron chi connectivity index (χ2n) is 4.86. The highest BCUT2D eigenvalue weighted by Crippen LogP contribution is 2.25. The first-order valence-electron chi connectivity index (χ1n) is 6.78. The Hall–Kier alpha value is -1.14. The Morgan fingerprint density at radius 2 is 2.00 bits per heavy atom. The van der Waals surface area contributed by atoms with Crippen LogP contribution < -0.4 is 10.5 Å². The molecule has 2 atom stereocenters. The third-order valence-electron chi connectivity index (χ3n) is 2.83. The van der Waals surface area contributed by atoms with Gasteiger partial charge in [-0.05, 0) is 25.5 Å². The van der Waals surface area contributed by atoms with Crippen molar-refractivity contribution >= 4 is 0 Å². The summed E-state index contributed by atoms with van der Waals surface area (Å²) in [6.07, 6.45) is -0.673. The Morgan fingerprint density at radius 1 is 1.25 bits per heavy atom. The number of methoxy groups -OCH3 is 1. The summed E-state index contributed by atoms with van der Waals surface area (Å²) in [6.45, 7) is 5.27. The van der Waals surface area contributed by atoms with Crippen LogP contribution in [0, 0.1) is 6.92 Å². The van der Waals surface area contributed by atoms with Crippen molar-refractivity contribution in [3.05, 3.63) is 29.3 Å². The Bertz CT molecular complexity index is 395. The molecule has 0 aliphatic carbocycles. The molecular weight excluding hydrogens is 258 g/mol. The molecule has 0 aliphatic rings. The van der Waals surface area contributed by atoms with E-state index in [0.717, 1.165) is 16.9 Å². The van der Waals surface area contributed by atoms with Crippen molar-refractivity contribution in [3.63, 3.8) is 0 Å². The van der Waals surface area contributed by atoms with Crippen molar-refractivity contribution in [1.29, 1.82) is 0 Å². The summed E-state index contributed by atoms with van der Waals surface area (Å²) in [5, 5.41) is 9.79. The van der Waals surface area contributed by atoms with Crippen molar-refractivity contribution in [2.75, 3.05) is 33.5 Å². The average molecular weight is 283 g/mol. The van der Waals surface area contributed by atoms with E-state index in [0.29, 0.717) is 13.2 Å². The van der Waals surface area contributed by atoms with E-state index in [-0.39, 0.29) is 19.3 Å². The molecule has 0 bridgehead atoms. The highest BCUT2D eigenvalue weighted by atomic mass is 16.5. The fraction of sp³-hybridized carbons (Fsp3) is 0.600. The molecule has 1 aromatic rings. The monoisotopic (exact) mass is 283 g/mol. The molecule has 5 nitrogen and oxygen atoms in total. The number of rotatable bonds is 9. The second kappa shape index (κ2) is 8.92. The predicted molar refractivity (Wildman–Crippen MR) is 78.0 cm³/mol. The van der Waals surface area contributed by atoms with Gasteiger partial charge in [-0.3, -0.25) is 0 Å². The number of nitrogens with two attached hydrogens (primary N) is 1. The maximum atomic E-state index is 9.79. The lowest BCUT2D eigenvalue weighted by Gasteiger charge is -2.17. The highest BCUT2D eigenvalue weighted by molar-refractivity contribution is 5.38. The van der Waals surface area contributed by atoms with E-state index < -0.39 is 6.10 Å². The number of aliphatic hydroxyl groups is 1. The number of hydrogen-bond donors (Lipinski definition) is 2. The average Bonchev–Trinajstić information content (AvgIpc) is 2.41. The van der Waals surface area contributed by atoms with Crippen LogP contribution in [0.2, 0.25) is 0 Å². The second-order valence-corrected chi connectivity index (χ2v) is 4.86. The Labute approximate surface area is 120 Å². The molecule has 3 N–H and O–H groups in total. The topological polar surface area (TPSA) is 73.9 Å². The zero-order valence-electron chi connectivity index (χ0n) is 12.5. The van der Waals surface area contributed by atoms with Crippen molar-refractivity contribution < 1.29 is 19.3 Å². The van der Waals surface area contributed by atoms with Crippen LogP contribution in [0.4, 0.5) is 0 Å². The number of aryl methyl sites for hydroxylation is 1. The van der Waals surface area contributed by atoms with Crippen LogP contribution in [-0.2, 0) is 9.47 Å². The van der Waals surface area contributed by atoms with Gasteiger partial charge in [-0.1, -0.05) is 12.1 Å². The van der Waals surface area contributed by atoms with E-state index in [9.17, 15) is 5.11 Å². The molecule has 0 saturated carbocycles. The standard InChI is InChI=1S/C15H25NO4/c1-11-4-5-14(12(2)16)15(8-11)20-10-13(17)9-19-7-6-18-3/h4-5,8,12-13,17H,6-7,9-10,16H2,1-3H3/t12-,13?/m0/s1. The molecule has 0 aliphatic heterocycles. The van der Waals surface area contributed by atoms with E-state index in [1.807, 2.05) is 32.0 Å². The molecule has 114 valence electrons. The molecule has 5 heteroatoms. The largest absolute Gasteiger partial charge is 0.490 e. The van der Waals surface area contributed by atoms with Gasteiger partial charge in [0, 0.05) is 18.7 Å². The molecule has 0 aromatic heterocycles. The fourth-order valence-corrected chi connectivity index (χ4v) is 1.74. The maximum absolute atomic E-state index is 9.79. The summed E-state index contributed by atoms with van der Waals surface area (Å²) in [5.74, 6) is 0.718. The molecule has 0 heterocycles. The smallest absolute Gasteiger partial charge is 0.124 e. The maximum Gasteiger partial charge on any atom is 0.124 e. The molecular formula is C15H25NO4. The van der Waals surface area contributed by atoms with E-state index in [1.54, 1.807) is 7.11 Å². The summed E-state index contributed by atoms with van der Waals surface area (Å²) in [6, 6.07) is 5.77. The van der Waals surface area contributed by atoms with Gasteiger partial charge in [-0.25, -0.2) is 0 Å². The molecule has 0 amide bonds. The summed E-state index contributed by atoms with van der Waals surface area (Å²) in [7, 11) is 1.61. The molecule has 0 spiro atoms. The SMILES string of the molecule is COCCOCC(O)COc1cc(C)ccc1[C@H](C)N. The first-order chi connectivity index (χ1) is 9.54. The summed E-state index contributed by atoms with van der Waals surface area (Å²) in [5.41, 5.74) is 7.93. The van der Waals surface area contributed by atoms with Crippen LogP contribution in [0.5, 0.6) is 5.75 Å². The van der Waals surface area contributed by atoms with Gasteiger partial charge in [-0.15, -0.1) is 0 Å². The number of ether oxygens (including phenoxy) is 3. The van der Waals surface area contributed by atoms with Crippen LogP contribution in [-0.4, -0.2) is 44.7 Å². The minimum absolute atomic E-state index is 0.110. The lowest BCUT2D eigenvalue weighted by Crippen LogP contribution is -2.25. The van der Waals surface area contributed by atoms with Gasteiger partial charge in [0.05, 0.1) is 19.8 Å². The lowest BCUT2D eigenvalue weighted by molar-refractivity contribution is -0.00435. The highest BCUT2D eigenvalue weighted by Gasteiger charge is 2.11. The Balaban J connectivity index is 2.46. The summed E-state index contributed by atoms with van der Waals surface area (Å²) in [4.78, 5) is 0. The first kappa shape index (κ1) is 16.9. The third kappa shape index (κ3) is 5.88. The number of aliphatic hydroxyl groups excluding tert-OH is 1. The van der Waals surface area contributed by atoms with E-state index >= 15 is 0 Å². The van der Waals surface area contributed by atoms with E-state index in [4.69, 9.17) is 19.9 Å². The Morgan fingerprint density at radius 3 is 2.65 bits per heavy atom. The van der Waals surface area contributed by atoms with Crippen LogP contribution in [0.25, 0.3) is 0 Å². The molecule has 0 radical (unpaired) electrons. The van der Waals surface area contributed by atoms with Crippen LogP contribution >= 0.6 is 0 Å². The fourth-order valence-electron chi connectivity index (χ4n) is 1.74. The van der Waals surface area contributed by atoms with Crippen LogP contribution in [0.3, 0.4) is 0 Å². The van der Waals surface area contributed by atoms with Crippen molar-refractivity contribution in [2.45, 2.75) is 26.0 Å². The summed E-state index contributed by atoms with van der Waals surface area (Å²) >= 11 is 0. The van der Waals surface area contributed by atoms with Crippen LogP contribution in [0.1, 0.15) is 24.1 Å². The van der Waals surface area contributed by atoms with Gasteiger partial charge >= 0.3 is 0 Å². The van der Waals surface area contributed by atoms with Crippen molar-refractivity contribution in [1.82, 2.24) is 0 Å². The first-order valence-corrected chi connectivity index (χ1v) is 6.78. The molecule has 1 rings (SSSR count). The lowest BCUT2D eigenvalue weighted by atomic mass is 10.1. The Kier molecular flexibility index (Phi) is 7.54. The predicted octanol–water partition coefficient (Wildman–Crippen LogP) is 1.42. The van der Waals surface area contributed by atoms with Gasteiger partial charge in [-0.2, -0.15) is 0 Å². The molecule has 1 aromatic carbocycles. The molecule has 20 heavy (non-hydrogen) atoms. The van der Waals surface area contributed by atoms with Crippen molar-refractivity contribution in [2.24, 2.45) is 5.73 Å². The zero-order chi connectivity index (χ0) is 15.0. The normalized spacial score (nSPS) is 14.1. The van der Waals surface area contributed by atoms with E-state index in [1.165, 1.54) is 0 Å². The zero-order valence-corrected chi connectivity index (χ0v) is 12.5. The quantitative estimate of drug-likeness (QED) is 0.670. The molecule has 0 saturated heterocycles. The van der Waals surface area contributed by atoms with E-state index in [2.05, 4.69) is 0 Å². The summed E-state index contributed by atoms with van der Waals surface area (Å²) < 4.78 is 15.8. The van der Waals surface area contributed by atoms with Crippen LogP contribution in [0.15, 0.2) is 18.2 Å². The van der Waals surface area contributed by atoms with Gasteiger partial charge < -0.3 is 25.1 Å². The van der Waals surface area contributed by atoms with Gasteiger partial charge in [0.25, 0.3) is 0 Å². The third-order valence-corrected chi connectivity index (χ3v) is 2.83. The van der Waals surface area contributed by atoms with Gasteiger partial charge in [0.2, 0.25) is 0 Å². The molecule has 0 fully saturated rings. The van der Waals surface area contributed by atoms with Gasteiger partial charge in [0.1, 0.15) is 18.5 Å².